The average molecular weight is 249 g/mol. The van der Waals surface area contributed by atoms with E-state index in [1.54, 1.807) is 20.8 Å². The lowest BCUT2D eigenvalue weighted by molar-refractivity contribution is -0.123. The zero-order valence-corrected chi connectivity index (χ0v) is 11.4. The molecule has 0 rings (SSSR count). The second-order valence-corrected chi connectivity index (χ2v) is 7.43. The molecule has 0 amide bonds. The molecule has 0 aromatic rings. The van der Waals surface area contributed by atoms with Gasteiger partial charge < -0.3 is 5.73 Å². The Balaban J connectivity index is 4.39. The summed E-state index contributed by atoms with van der Waals surface area (Å²) < 4.78 is 23.1. The monoisotopic (exact) mass is 249 g/mol. The molecule has 16 heavy (non-hydrogen) atoms. The normalized spacial score (nSPS) is 16.1. The first-order valence-corrected chi connectivity index (χ1v) is 7.38. The highest BCUT2D eigenvalue weighted by molar-refractivity contribution is 7.91. The molecule has 0 radical (unpaired) electrons. The molecule has 0 saturated carbocycles. The van der Waals surface area contributed by atoms with Gasteiger partial charge in [-0.25, -0.2) is 8.42 Å². The molecule has 0 aliphatic rings. The van der Waals surface area contributed by atoms with Crippen LogP contribution in [0, 0.1) is 0 Å². The van der Waals surface area contributed by atoms with Gasteiger partial charge in [0.25, 0.3) is 0 Å². The Morgan fingerprint density at radius 1 is 1.38 bits per heavy atom. The lowest BCUT2D eigenvalue weighted by atomic mass is 9.91. The Morgan fingerprint density at radius 3 is 2.25 bits per heavy atom. The van der Waals surface area contributed by atoms with Crippen molar-refractivity contribution in [2.45, 2.75) is 57.7 Å². The van der Waals surface area contributed by atoms with Gasteiger partial charge in [0, 0.05) is 6.42 Å². The SMILES string of the molecule is CCCC(C)(N)C(=O)CCS(=O)(=O)C(C)C. The minimum absolute atomic E-state index is 0.0213. The molecule has 0 aromatic carbocycles. The average Bonchev–Trinajstić information content (AvgIpc) is 2.13. The molecule has 0 aliphatic carbocycles. The highest BCUT2D eigenvalue weighted by atomic mass is 32.2. The van der Waals surface area contributed by atoms with E-state index in [9.17, 15) is 13.2 Å². The number of carbonyl (C=O) groups is 1. The van der Waals surface area contributed by atoms with Crippen LogP contribution in [-0.2, 0) is 14.6 Å². The van der Waals surface area contributed by atoms with Gasteiger partial charge in [-0.1, -0.05) is 13.3 Å². The second kappa shape index (κ2) is 5.77. The number of ketones is 1. The molecule has 1 unspecified atom stereocenters. The van der Waals surface area contributed by atoms with Gasteiger partial charge in [0.2, 0.25) is 0 Å². The standard InChI is InChI=1S/C11H23NO3S/c1-5-7-11(4,12)10(13)6-8-16(14,15)9(2)3/h9H,5-8,12H2,1-4H3. The zero-order valence-electron chi connectivity index (χ0n) is 10.6. The van der Waals surface area contributed by atoms with Crippen LogP contribution in [-0.4, -0.2) is 30.7 Å². The van der Waals surface area contributed by atoms with Crippen LogP contribution in [0.3, 0.4) is 0 Å². The van der Waals surface area contributed by atoms with Crippen LogP contribution in [0.25, 0.3) is 0 Å². The van der Waals surface area contributed by atoms with E-state index in [4.69, 9.17) is 5.73 Å². The van der Waals surface area contributed by atoms with Crippen molar-refractivity contribution in [1.29, 1.82) is 0 Å². The summed E-state index contributed by atoms with van der Waals surface area (Å²) in [5, 5.41) is -0.435. The molecule has 0 heterocycles. The van der Waals surface area contributed by atoms with Gasteiger partial charge in [0.15, 0.2) is 15.6 Å². The molecule has 5 heteroatoms. The first kappa shape index (κ1) is 15.6. The molecule has 0 saturated heterocycles. The Morgan fingerprint density at radius 2 is 1.88 bits per heavy atom. The highest BCUT2D eigenvalue weighted by Crippen LogP contribution is 2.13. The van der Waals surface area contributed by atoms with Crippen LogP contribution in [0.15, 0.2) is 0 Å². The molecule has 0 aliphatic heterocycles. The third-order valence-electron chi connectivity index (χ3n) is 2.74. The number of hydrogen-bond acceptors (Lipinski definition) is 4. The fraction of sp³-hybridized carbons (Fsp3) is 0.909. The van der Waals surface area contributed by atoms with Crippen LogP contribution >= 0.6 is 0 Å². The molecule has 96 valence electrons. The van der Waals surface area contributed by atoms with E-state index < -0.39 is 20.6 Å². The Bertz CT molecular complexity index is 331. The predicted octanol–water partition coefficient (Wildman–Crippen LogP) is 1.29. The molecule has 4 nitrogen and oxygen atoms in total. The van der Waals surface area contributed by atoms with Gasteiger partial charge in [-0.15, -0.1) is 0 Å². The van der Waals surface area contributed by atoms with E-state index in [0.717, 1.165) is 6.42 Å². The lowest BCUT2D eigenvalue weighted by Gasteiger charge is -2.22. The van der Waals surface area contributed by atoms with Crippen molar-refractivity contribution in [2.24, 2.45) is 5.73 Å². The minimum Gasteiger partial charge on any atom is -0.319 e. The molecule has 0 aromatic heterocycles. The van der Waals surface area contributed by atoms with E-state index in [0.29, 0.717) is 6.42 Å². The summed E-state index contributed by atoms with van der Waals surface area (Å²) in [4.78, 5) is 11.7. The summed E-state index contributed by atoms with van der Waals surface area (Å²) in [5.41, 5.74) is 4.94. The van der Waals surface area contributed by atoms with E-state index in [-0.39, 0.29) is 18.0 Å². The number of sulfone groups is 1. The fourth-order valence-electron chi connectivity index (χ4n) is 1.41. The third-order valence-corrected chi connectivity index (χ3v) is 4.95. The van der Waals surface area contributed by atoms with E-state index in [2.05, 4.69) is 0 Å². The van der Waals surface area contributed by atoms with Gasteiger partial charge in [-0.05, 0) is 27.2 Å². The largest absolute Gasteiger partial charge is 0.319 e. The van der Waals surface area contributed by atoms with E-state index in [1.807, 2.05) is 6.92 Å². The Kier molecular flexibility index (Phi) is 5.62. The van der Waals surface area contributed by atoms with Gasteiger partial charge in [0.05, 0.1) is 16.5 Å². The van der Waals surface area contributed by atoms with Crippen LogP contribution in [0.1, 0.15) is 47.0 Å². The second-order valence-electron chi connectivity index (χ2n) is 4.76. The molecule has 1 atom stereocenters. The lowest BCUT2D eigenvalue weighted by Crippen LogP contribution is -2.45. The molecule has 0 bridgehead atoms. The summed E-state index contributed by atoms with van der Waals surface area (Å²) >= 11 is 0. The zero-order chi connectivity index (χ0) is 13.0. The quantitative estimate of drug-likeness (QED) is 0.737. The first-order valence-electron chi connectivity index (χ1n) is 5.67. The summed E-state index contributed by atoms with van der Waals surface area (Å²) in [6.07, 6.45) is 1.43. The highest BCUT2D eigenvalue weighted by Gasteiger charge is 2.28. The number of hydrogen-bond donors (Lipinski definition) is 1. The minimum atomic E-state index is -3.14. The molecular formula is C11H23NO3S. The van der Waals surface area contributed by atoms with Gasteiger partial charge in [-0.2, -0.15) is 0 Å². The summed E-state index contributed by atoms with van der Waals surface area (Å²) in [7, 11) is -3.14. The Hall–Kier alpha value is -0.420. The van der Waals surface area contributed by atoms with Crippen LogP contribution in [0.4, 0.5) is 0 Å². The number of rotatable bonds is 7. The van der Waals surface area contributed by atoms with Crippen molar-refractivity contribution in [3.8, 4) is 0 Å². The van der Waals surface area contributed by atoms with Crippen molar-refractivity contribution in [1.82, 2.24) is 0 Å². The number of nitrogens with two attached hydrogens (primary N) is 1. The maximum Gasteiger partial charge on any atom is 0.153 e. The van der Waals surface area contributed by atoms with Crippen molar-refractivity contribution < 1.29 is 13.2 Å². The molecule has 0 fully saturated rings. The maximum atomic E-state index is 11.7. The smallest absolute Gasteiger partial charge is 0.153 e. The van der Waals surface area contributed by atoms with E-state index >= 15 is 0 Å². The maximum absolute atomic E-state index is 11.7. The van der Waals surface area contributed by atoms with Crippen molar-refractivity contribution in [3.63, 3.8) is 0 Å². The molecule has 0 spiro atoms. The van der Waals surface area contributed by atoms with Crippen molar-refractivity contribution >= 4 is 15.6 Å². The van der Waals surface area contributed by atoms with Crippen molar-refractivity contribution in [2.75, 3.05) is 5.75 Å². The van der Waals surface area contributed by atoms with Crippen molar-refractivity contribution in [3.05, 3.63) is 0 Å². The number of carbonyl (C=O) groups excluding carboxylic acids is 1. The Labute approximate surface area is 98.5 Å². The molecule has 2 N–H and O–H groups in total. The summed E-state index contributed by atoms with van der Waals surface area (Å²) in [5.74, 6) is -0.265. The van der Waals surface area contributed by atoms with Gasteiger partial charge in [-0.3, -0.25) is 4.79 Å². The molecular weight excluding hydrogens is 226 g/mol. The van der Waals surface area contributed by atoms with Crippen LogP contribution in [0.5, 0.6) is 0 Å². The topological polar surface area (TPSA) is 77.2 Å². The van der Waals surface area contributed by atoms with Gasteiger partial charge in [0.1, 0.15) is 0 Å². The van der Waals surface area contributed by atoms with Crippen LogP contribution in [0.2, 0.25) is 0 Å². The summed E-state index contributed by atoms with van der Waals surface area (Å²) in [6.45, 7) is 6.85. The number of Topliss-reactive ketones (excluding diaryl/α,β-unsaturated/α-hetero) is 1. The van der Waals surface area contributed by atoms with E-state index in [1.165, 1.54) is 0 Å². The predicted molar refractivity (Wildman–Crippen MR) is 66.0 cm³/mol. The fourth-order valence-corrected chi connectivity index (χ4v) is 2.36. The van der Waals surface area contributed by atoms with Gasteiger partial charge >= 0.3 is 0 Å². The van der Waals surface area contributed by atoms with Crippen LogP contribution < -0.4 is 5.73 Å². The first-order chi connectivity index (χ1) is 7.13. The third kappa shape index (κ3) is 4.61. The summed E-state index contributed by atoms with van der Waals surface area (Å²) in [6, 6.07) is 0.